The summed E-state index contributed by atoms with van der Waals surface area (Å²) >= 11 is 2.00. The molecule has 0 saturated carbocycles. The third-order valence-electron chi connectivity index (χ3n) is 4.47. The van der Waals surface area contributed by atoms with Crippen molar-refractivity contribution >= 4 is 34.4 Å². The van der Waals surface area contributed by atoms with Crippen LogP contribution in [0.15, 0.2) is 35.9 Å². The van der Waals surface area contributed by atoms with Crippen LogP contribution in [0.4, 0.5) is 13.2 Å². The molecule has 3 N–H and O–H groups in total. The van der Waals surface area contributed by atoms with Gasteiger partial charge in [-0.15, -0.1) is 0 Å². The smallest absolute Gasteiger partial charge is 0.406 e. The molecule has 3 atom stereocenters. The summed E-state index contributed by atoms with van der Waals surface area (Å²) in [5, 5.41) is 22.1. The highest BCUT2D eigenvalue weighted by atomic mass is 127. The second-order valence-electron chi connectivity index (χ2n) is 6.71. The summed E-state index contributed by atoms with van der Waals surface area (Å²) in [5.74, 6) is -1.13. The molecule has 0 saturated heterocycles. The Balaban J connectivity index is 2.39. The number of nitrogens with zero attached hydrogens (tertiary/aromatic N) is 1. The Kier molecular flexibility index (Phi) is 8.50. The number of carbonyl (C=O) groups excluding carboxylic acids is 2. The van der Waals surface area contributed by atoms with Gasteiger partial charge in [-0.25, -0.2) is 0 Å². The number of benzene rings is 1. The van der Waals surface area contributed by atoms with Gasteiger partial charge in [-0.1, -0.05) is 12.1 Å². The molecule has 0 heterocycles. The van der Waals surface area contributed by atoms with Crippen molar-refractivity contribution in [1.82, 2.24) is 10.2 Å². The Morgan fingerprint density at radius 2 is 2.00 bits per heavy atom. The number of ether oxygens (including phenoxy) is 1. The van der Waals surface area contributed by atoms with Gasteiger partial charge in [-0.05, 0) is 40.8 Å². The van der Waals surface area contributed by atoms with Crippen LogP contribution in [0, 0.1) is 3.57 Å². The van der Waals surface area contributed by atoms with Crippen LogP contribution in [0.5, 0.6) is 5.75 Å². The number of nitrogens with one attached hydrogen (secondary N) is 1. The van der Waals surface area contributed by atoms with Gasteiger partial charge in [0.15, 0.2) is 0 Å². The Bertz CT molecular complexity index is 803. The molecule has 11 heteroatoms. The van der Waals surface area contributed by atoms with E-state index in [0.29, 0.717) is 14.2 Å². The first-order chi connectivity index (χ1) is 14.0. The Labute approximate surface area is 185 Å². The quantitative estimate of drug-likeness (QED) is 0.455. The van der Waals surface area contributed by atoms with Crippen molar-refractivity contribution < 1.29 is 37.7 Å². The number of carbonyl (C=O) groups is 2. The number of hydrogen-bond acceptors (Lipinski definition) is 5. The largest absolute Gasteiger partial charge is 0.482 e. The van der Waals surface area contributed by atoms with E-state index in [1.165, 1.54) is 6.08 Å². The minimum atomic E-state index is -4.68. The molecule has 2 amide bonds. The molecule has 30 heavy (non-hydrogen) atoms. The predicted octanol–water partition coefficient (Wildman–Crippen LogP) is 1.62. The van der Waals surface area contributed by atoms with Crippen molar-refractivity contribution in [3.05, 3.63) is 39.5 Å². The molecule has 0 fully saturated rings. The van der Waals surface area contributed by atoms with Crippen LogP contribution in [-0.2, 0) is 9.59 Å². The summed E-state index contributed by atoms with van der Waals surface area (Å²) < 4.78 is 45.6. The highest BCUT2D eigenvalue weighted by Gasteiger charge is 2.43. The van der Waals surface area contributed by atoms with E-state index in [0.717, 1.165) is 6.92 Å². The number of hydrogen-bond donors (Lipinski definition) is 3. The fourth-order valence-corrected chi connectivity index (χ4v) is 3.64. The van der Waals surface area contributed by atoms with Crippen LogP contribution in [0.1, 0.15) is 13.3 Å². The molecule has 0 radical (unpaired) electrons. The van der Waals surface area contributed by atoms with Gasteiger partial charge >= 0.3 is 6.18 Å². The summed E-state index contributed by atoms with van der Waals surface area (Å²) in [5.41, 5.74) is 0.0584. The lowest BCUT2D eigenvalue weighted by molar-refractivity contribution is -0.171. The van der Waals surface area contributed by atoms with Gasteiger partial charge in [0.05, 0.1) is 16.2 Å². The Hall–Kier alpha value is -1.86. The third-order valence-corrected chi connectivity index (χ3v) is 5.36. The lowest BCUT2D eigenvalue weighted by Crippen LogP contribution is -2.56. The van der Waals surface area contributed by atoms with Crippen molar-refractivity contribution in [3.63, 3.8) is 0 Å². The predicted molar refractivity (Wildman–Crippen MR) is 110 cm³/mol. The minimum absolute atomic E-state index is 0.0511. The first-order valence-electron chi connectivity index (χ1n) is 9.06. The van der Waals surface area contributed by atoms with Crippen molar-refractivity contribution in [3.8, 4) is 5.75 Å². The van der Waals surface area contributed by atoms with Crippen LogP contribution >= 0.6 is 22.6 Å². The molecule has 1 aromatic carbocycles. The molecular weight excluding hydrogens is 520 g/mol. The third kappa shape index (κ3) is 6.57. The molecule has 166 valence electrons. The van der Waals surface area contributed by atoms with E-state index < -0.39 is 42.8 Å². The zero-order valence-corrected chi connectivity index (χ0v) is 18.2. The van der Waals surface area contributed by atoms with E-state index in [4.69, 9.17) is 9.84 Å². The van der Waals surface area contributed by atoms with Crippen molar-refractivity contribution in [2.24, 2.45) is 0 Å². The number of para-hydroxylation sites is 1. The summed E-state index contributed by atoms with van der Waals surface area (Å²) in [7, 11) is 0. The van der Waals surface area contributed by atoms with E-state index in [1.807, 2.05) is 22.6 Å². The minimum Gasteiger partial charge on any atom is -0.482 e. The van der Waals surface area contributed by atoms with E-state index in [-0.39, 0.29) is 25.1 Å². The highest BCUT2D eigenvalue weighted by Crippen LogP contribution is 2.31. The normalized spacial score (nSPS) is 21.6. The standard InChI is InChI=1S/C19H22F3IN2O5/c1-11(27)25(10-19(20,21)22)14-8-12(18(29)24-6-7-26)9-16(17(14)28)30-15-5-3-2-4-13(15)23/h2-5,9,14,16-17,26,28H,6-8,10H2,1H3,(H,24,29)/t14-,16+,17+/m1/s1. The summed E-state index contributed by atoms with van der Waals surface area (Å²) in [6.07, 6.45) is -6.30. The average Bonchev–Trinajstić information content (AvgIpc) is 2.66. The van der Waals surface area contributed by atoms with Crippen molar-refractivity contribution in [2.45, 2.75) is 37.8 Å². The second-order valence-corrected chi connectivity index (χ2v) is 7.87. The monoisotopic (exact) mass is 542 g/mol. The molecule has 1 aliphatic rings. The lowest BCUT2D eigenvalue weighted by atomic mass is 9.88. The van der Waals surface area contributed by atoms with Gasteiger partial charge in [-0.3, -0.25) is 9.59 Å². The van der Waals surface area contributed by atoms with Gasteiger partial charge < -0.3 is 25.2 Å². The van der Waals surface area contributed by atoms with Crippen LogP contribution in [0.3, 0.4) is 0 Å². The van der Waals surface area contributed by atoms with Crippen LogP contribution < -0.4 is 10.1 Å². The van der Waals surface area contributed by atoms with Gasteiger partial charge in [0, 0.05) is 25.5 Å². The fourth-order valence-electron chi connectivity index (χ4n) is 3.12. The SMILES string of the molecule is CC(=O)N(CC(F)(F)F)[C@@H]1CC(C(=O)NCCO)=C[C@H](Oc2ccccc2I)[C@H]1O. The fraction of sp³-hybridized carbons (Fsp3) is 0.474. The molecular formula is C19H22F3IN2O5. The van der Waals surface area contributed by atoms with Crippen LogP contribution in [-0.4, -0.2) is 71.0 Å². The molecule has 1 aliphatic carbocycles. The van der Waals surface area contributed by atoms with Crippen molar-refractivity contribution in [1.29, 1.82) is 0 Å². The molecule has 0 aromatic heterocycles. The molecule has 0 aliphatic heterocycles. The molecule has 0 spiro atoms. The number of amides is 2. The maximum Gasteiger partial charge on any atom is 0.406 e. The summed E-state index contributed by atoms with van der Waals surface area (Å²) in [6, 6.07) is 5.49. The number of rotatable bonds is 7. The second kappa shape index (κ2) is 10.4. The van der Waals surface area contributed by atoms with Crippen molar-refractivity contribution in [2.75, 3.05) is 19.7 Å². The zero-order chi connectivity index (χ0) is 22.5. The van der Waals surface area contributed by atoms with E-state index in [1.54, 1.807) is 24.3 Å². The Morgan fingerprint density at radius 3 is 2.57 bits per heavy atom. The number of aliphatic hydroxyl groups is 2. The van der Waals surface area contributed by atoms with E-state index >= 15 is 0 Å². The molecule has 0 unspecified atom stereocenters. The maximum absolute atomic E-state index is 13.0. The maximum atomic E-state index is 13.0. The van der Waals surface area contributed by atoms with Gasteiger partial charge in [0.2, 0.25) is 11.8 Å². The summed E-state index contributed by atoms with van der Waals surface area (Å²) in [4.78, 5) is 24.9. The van der Waals surface area contributed by atoms with Gasteiger partial charge in [-0.2, -0.15) is 13.2 Å². The first-order valence-corrected chi connectivity index (χ1v) is 10.1. The van der Waals surface area contributed by atoms with Crippen LogP contribution in [0.25, 0.3) is 0 Å². The number of aliphatic hydroxyl groups excluding tert-OH is 2. The number of alkyl halides is 3. The molecule has 0 bridgehead atoms. The van der Waals surface area contributed by atoms with Gasteiger partial charge in [0.25, 0.3) is 0 Å². The van der Waals surface area contributed by atoms with E-state index in [9.17, 15) is 27.9 Å². The highest BCUT2D eigenvalue weighted by molar-refractivity contribution is 14.1. The Morgan fingerprint density at radius 1 is 1.33 bits per heavy atom. The van der Waals surface area contributed by atoms with E-state index in [2.05, 4.69) is 5.32 Å². The summed E-state index contributed by atoms with van der Waals surface area (Å²) in [6.45, 7) is -0.963. The lowest BCUT2D eigenvalue weighted by Gasteiger charge is -2.40. The first kappa shape index (κ1) is 24.4. The molecule has 1 aromatic rings. The molecule has 2 rings (SSSR count). The topological polar surface area (TPSA) is 99.1 Å². The molecule has 7 nitrogen and oxygen atoms in total. The zero-order valence-electron chi connectivity index (χ0n) is 16.0. The number of halogens is 4. The average molecular weight is 542 g/mol. The van der Waals surface area contributed by atoms with Crippen LogP contribution in [0.2, 0.25) is 0 Å². The van der Waals surface area contributed by atoms with Gasteiger partial charge in [0.1, 0.15) is 24.5 Å².